The summed E-state index contributed by atoms with van der Waals surface area (Å²) in [4.78, 5) is 38.1. The van der Waals surface area contributed by atoms with Crippen LogP contribution in [0.15, 0.2) is 42.5 Å². The van der Waals surface area contributed by atoms with Crippen molar-refractivity contribution in [2.45, 2.75) is 19.8 Å². The molecule has 3 rings (SSSR count). The minimum Gasteiger partial charge on any atom is -0.455 e. The van der Waals surface area contributed by atoms with Gasteiger partial charge in [0.05, 0.1) is 11.6 Å². The molecule has 1 atom stereocenters. The van der Waals surface area contributed by atoms with Gasteiger partial charge < -0.3 is 15.0 Å². The molecule has 0 aromatic heterocycles. The molecule has 2 aromatic carbocycles. The van der Waals surface area contributed by atoms with Gasteiger partial charge in [-0.3, -0.25) is 14.4 Å². The smallest absolute Gasteiger partial charge is 0.311 e. The monoisotopic (exact) mass is 402 g/mol. The topological polar surface area (TPSA) is 75.7 Å². The number of para-hydroxylation sites is 1. The second-order valence-corrected chi connectivity index (χ2v) is 6.67. The highest BCUT2D eigenvalue weighted by Crippen LogP contribution is 2.29. The van der Waals surface area contributed by atoms with E-state index in [-0.39, 0.29) is 24.6 Å². The van der Waals surface area contributed by atoms with Gasteiger partial charge in [-0.1, -0.05) is 25.1 Å². The van der Waals surface area contributed by atoms with E-state index in [2.05, 4.69) is 5.32 Å². The molecule has 2 aromatic rings. The number of nitrogens with one attached hydrogen (secondary N) is 1. The number of carbonyl (C=O) groups excluding carboxylic acids is 3. The van der Waals surface area contributed by atoms with Crippen LogP contribution in [0, 0.1) is 17.6 Å². The van der Waals surface area contributed by atoms with Gasteiger partial charge in [0, 0.05) is 24.7 Å². The van der Waals surface area contributed by atoms with Crippen molar-refractivity contribution in [3.05, 3.63) is 59.7 Å². The van der Waals surface area contributed by atoms with Crippen LogP contribution < -0.4 is 10.2 Å². The van der Waals surface area contributed by atoms with Crippen LogP contribution in [0.1, 0.15) is 18.9 Å². The van der Waals surface area contributed by atoms with E-state index in [9.17, 15) is 23.2 Å². The second-order valence-electron chi connectivity index (χ2n) is 6.67. The van der Waals surface area contributed by atoms with E-state index in [1.165, 1.54) is 0 Å². The Kier molecular flexibility index (Phi) is 6.21. The molecule has 0 saturated carbocycles. The second kappa shape index (κ2) is 8.81. The van der Waals surface area contributed by atoms with Crippen molar-refractivity contribution in [1.29, 1.82) is 0 Å². The zero-order valence-corrected chi connectivity index (χ0v) is 15.8. The van der Waals surface area contributed by atoms with Crippen molar-refractivity contribution in [3.63, 3.8) is 0 Å². The van der Waals surface area contributed by atoms with Crippen LogP contribution in [0.4, 0.5) is 20.2 Å². The molecule has 1 aliphatic rings. The summed E-state index contributed by atoms with van der Waals surface area (Å²) in [7, 11) is 0. The Bertz CT molecular complexity index is 948. The first-order chi connectivity index (χ1) is 13.9. The van der Waals surface area contributed by atoms with Crippen LogP contribution in [0.25, 0.3) is 0 Å². The Morgan fingerprint density at radius 2 is 1.97 bits per heavy atom. The Balaban J connectivity index is 1.57. The van der Waals surface area contributed by atoms with Crippen LogP contribution in [-0.2, 0) is 25.5 Å². The normalized spacial score (nSPS) is 16.0. The fourth-order valence-electron chi connectivity index (χ4n) is 3.21. The minimum atomic E-state index is -0.808. The number of hydrogen-bond donors (Lipinski definition) is 1. The number of benzene rings is 2. The van der Waals surface area contributed by atoms with Crippen molar-refractivity contribution >= 4 is 29.2 Å². The third-order valence-electron chi connectivity index (χ3n) is 4.67. The molecule has 2 amide bonds. The molecule has 0 bridgehead atoms. The number of halogens is 2. The van der Waals surface area contributed by atoms with Gasteiger partial charge in [0.15, 0.2) is 6.61 Å². The SMILES string of the molecule is CCc1ccccc1N1C[C@H](C(=O)OCC(=O)Nc2cc(F)ccc2F)CC1=O. The van der Waals surface area contributed by atoms with Gasteiger partial charge in [-0.05, 0) is 30.2 Å². The van der Waals surface area contributed by atoms with Gasteiger partial charge in [-0.25, -0.2) is 8.78 Å². The van der Waals surface area contributed by atoms with Crippen LogP contribution >= 0.6 is 0 Å². The standard InChI is InChI=1S/C21H20F2N2O4/c1-2-13-5-3-4-6-18(13)25-11-14(9-20(25)27)21(28)29-12-19(26)24-17-10-15(22)7-8-16(17)23/h3-8,10,14H,2,9,11-12H2,1H3,(H,24,26)/t14-/m1/s1. The highest BCUT2D eigenvalue weighted by atomic mass is 19.1. The molecule has 1 heterocycles. The first-order valence-corrected chi connectivity index (χ1v) is 9.18. The lowest BCUT2D eigenvalue weighted by Crippen LogP contribution is -2.28. The molecule has 1 fully saturated rings. The number of amides is 2. The minimum absolute atomic E-state index is 0.0168. The molecule has 1 aliphatic heterocycles. The van der Waals surface area contributed by atoms with Gasteiger partial charge in [0.2, 0.25) is 5.91 Å². The number of hydrogen-bond acceptors (Lipinski definition) is 4. The quantitative estimate of drug-likeness (QED) is 0.754. The summed E-state index contributed by atoms with van der Waals surface area (Å²) < 4.78 is 31.7. The maximum Gasteiger partial charge on any atom is 0.311 e. The lowest BCUT2D eigenvalue weighted by Gasteiger charge is -2.19. The maximum absolute atomic E-state index is 13.6. The zero-order valence-electron chi connectivity index (χ0n) is 15.8. The highest BCUT2D eigenvalue weighted by molar-refractivity contribution is 6.00. The molecule has 152 valence electrons. The van der Waals surface area contributed by atoms with E-state index >= 15 is 0 Å². The summed E-state index contributed by atoms with van der Waals surface area (Å²) in [5.41, 5.74) is 1.41. The predicted octanol–water partition coefficient (Wildman–Crippen LogP) is 3.06. The number of esters is 1. The fourth-order valence-corrected chi connectivity index (χ4v) is 3.21. The summed E-state index contributed by atoms with van der Waals surface area (Å²) in [6.07, 6.45) is 0.725. The third-order valence-corrected chi connectivity index (χ3v) is 4.67. The van der Waals surface area contributed by atoms with Gasteiger partial charge in [-0.15, -0.1) is 0 Å². The van der Waals surface area contributed by atoms with Crippen molar-refractivity contribution < 1.29 is 27.9 Å². The summed E-state index contributed by atoms with van der Waals surface area (Å²) in [5.74, 6) is -3.91. The highest BCUT2D eigenvalue weighted by Gasteiger charge is 2.37. The van der Waals surface area contributed by atoms with Crippen molar-refractivity contribution in [2.24, 2.45) is 5.92 Å². The summed E-state index contributed by atoms with van der Waals surface area (Å²) in [6, 6.07) is 10.1. The van der Waals surface area contributed by atoms with Gasteiger partial charge >= 0.3 is 5.97 Å². The largest absolute Gasteiger partial charge is 0.455 e. The molecule has 0 aliphatic carbocycles. The average molecular weight is 402 g/mol. The average Bonchev–Trinajstić information content (AvgIpc) is 3.10. The van der Waals surface area contributed by atoms with Crippen LogP contribution in [0.2, 0.25) is 0 Å². The molecular formula is C21H20F2N2O4. The van der Waals surface area contributed by atoms with Crippen molar-refractivity contribution in [3.8, 4) is 0 Å². The lowest BCUT2D eigenvalue weighted by atomic mass is 10.1. The van der Waals surface area contributed by atoms with E-state index in [1.54, 1.807) is 4.90 Å². The van der Waals surface area contributed by atoms with E-state index < -0.39 is 36.0 Å². The molecule has 1 N–H and O–H groups in total. The summed E-state index contributed by atoms with van der Waals surface area (Å²) >= 11 is 0. The number of rotatable bonds is 6. The Morgan fingerprint density at radius 1 is 1.21 bits per heavy atom. The third kappa shape index (κ3) is 4.77. The zero-order chi connectivity index (χ0) is 21.0. The van der Waals surface area contributed by atoms with Gasteiger partial charge in [-0.2, -0.15) is 0 Å². The molecule has 0 spiro atoms. The number of aryl methyl sites for hydroxylation is 1. The fraction of sp³-hybridized carbons (Fsp3) is 0.286. The maximum atomic E-state index is 13.6. The van der Waals surface area contributed by atoms with Gasteiger partial charge in [0.1, 0.15) is 11.6 Å². The van der Waals surface area contributed by atoms with Crippen LogP contribution in [0.3, 0.4) is 0 Å². The number of carbonyl (C=O) groups is 3. The van der Waals surface area contributed by atoms with E-state index in [0.29, 0.717) is 0 Å². The lowest BCUT2D eigenvalue weighted by molar-refractivity contribution is -0.151. The van der Waals surface area contributed by atoms with Gasteiger partial charge in [0.25, 0.3) is 5.91 Å². The Hall–Kier alpha value is -3.29. The van der Waals surface area contributed by atoms with Crippen LogP contribution in [-0.4, -0.2) is 30.9 Å². The molecule has 1 saturated heterocycles. The van der Waals surface area contributed by atoms with E-state index in [4.69, 9.17) is 4.74 Å². The number of anilines is 2. The Labute approximate surface area is 166 Å². The Morgan fingerprint density at radius 3 is 2.72 bits per heavy atom. The van der Waals surface area contributed by atoms with E-state index in [1.807, 2.05) is 31.2 Å². The van der Waals surface area contributed by atoms with E-state index in [0.717, 1.165) is 35.9 Å². The molecule has 0 radical (unpaired) electrons. The molecular weight excluding hydrogens is 382 g/mol. The summed E-state index contributed by atoms with van der Waals surface area (Å²) in [6.45, 7) is 1.48. The first kappa shape index (κ1) is 20.4. The molecule has 29 heavy (non-hydrogen) atoms. The predicted molar refractivity (Wildman–Crippen MR) is 102 cm³/mol. The van der Waals surface area contributed by atoms with Crippen molar-refractivity contribution in [1.82, 2.24) is 0 Å². The number of nitrogens with zero attached hydrogens (tertiary/aromatic N) is 1. The molecule has 6 nitrogen and oxygen atoms in total. The molecule has 8 heteroatoms. The number of ether oxygens (including phenoxy) is 1. The first-order valence-electron chi connectivity index (χ1n) is 9.18. The van der Waals surface area contributed by atoms with Crippen molar-refractivity contribution in [2.75, 3.05) is 23.4 Å². The van der Waals surface area contributed by atoms with Crippen LogP contribution in [0.5, 0.6) is 0 Å². The molecule has 0 unspecified atom stereocenters. The summed E-state index contributed by atoms with van der Waals surface area (Å²) in [5, 5.41) is 2.15.